The van der Waals surface area contributed by atoms with E-state index in [1.54, 1.807) is 24.3 Å². The average Bonchev–Trinajstić information content (AvgIpc) is 3.17. The van der Waals surface area contributed by atoms with Gasteiger partial charge in [-0.2, -0.15) is 5.26 Å². The van der Waals surface area contributed by atoms with Crippen LogP contribution in [0.5, 0.6) is 0 Å². The number of carbonyl (C=O) groups is 3. The topological polar surface area (TPSA) is 107 Å². The van der Waals surface area contributed by atoms with Gasteiger partial charge in [-0.05, 0) is 51.8 Å². The van der Waals surface area contributed by atoms with E-state index in [1.165, 1.54) is 16.2 Å². The van der Waals surface area contributed by atoms with Gasteiger partial charge in [0.1, 0.15) is 16.6 Å². The molecule has 3 amide bonds. The van der Waals surface area contributed by atoms with Crippen LogP contribution in [0.2, 0.25) is 0 Å². The number of amides is 3. The summed E-state index contributed by atoms with van der Waals surface area (Å²) < 4.78 is 0. The smallest absolute Gasteiger partial charge is 0.261 e. The van der Waals surface area contributed by atoms with Gasteiger partial charge < -0.3 is 10.6 Å². The van der Waals surface area contributed by atoms with Gasteiger partial charge in [-0.15, -0.1) is 11.3 Å². The van der Waals surface area contributed by atoms with Crippen LogP contribution in [0.15, 0.2) is 24.3 Å². The summed E-state index contributed by atoms with van der Waals surface area (Å²) in [5, 5.41) is 15.6. The molecule has 0 saturated heterocycles. The van der Waals surface area contributed by atoms with Gasteiger partial charge in [-0.25, -0.2) is 0 Å². The molecule has 32 heavy (non-hydrogen) atoms. The van der Waals surface area contributed by atoms with E-state index < -0.39 is 0 Å². The van der Waals surface area contributed by atoms with Gasteiger partial charge in [0.25, 0.3) is 11.8 Å². The lowest BCUT2D eigenvalue weighted by atomic mass is 9.81. The lowest BCUT2D eigenvalue weighted by molar-refractivity contribution is -0.789. The molecule has 1 aromatic carbocycles. The first-order valence-electron chi connectivity index (χ1n) is 10.7. The van der Waals surface area contributed by atoms with Crippen molar-refractivity contribution in [3.05, 3.63) is 51.4 Å². The number of hydrogen-bond acceptors (Lipinski definition) is 5. The van der Waals surface area contributed by atoms with Crippen LogP contribution in [0.3, 0.4) is 0 Å². The van der Waals surface area contributed by atoms with Gasteiger partial charge in [0.15, 0.2) is 0 Å². The molecule has 0 bridgehead atoms. The largest absolute Gasteiger partial charge is 0.333 e. The van der Waals surface area contributed by atoms with Crippen molar-refractivity contribution < 1.29 is 19.7 Å². The number of benzene rings is 1. The molecule has 2 aromatic rings. The maximum Gasteiger partial charge on any atom is 0.261 e. The van der Waals surface area contributed by atoms with Crippen LogP contribution in [-0.4, -0.2) is 34.7 Å². The highest BCUT2D eigenvalue weighted by Crippen LogP contribution is 2.41. The van der Waals surface area contributed by atoms with E-state index in [4.69, 9.17) is 0 Å². The average molecular weight is 452 g/mol. The second kappa shape index (κ2) is 7.84. The highest BCUT2D eigenvalue weighted by molar-refractivity contribution is 7.16. The molecule has 0 aliphatic carbocycles. The number of fused-ring (bicyclic) bond motifs is 2. The number of imide groups is 1. The lowest BCUT2D eigenvalue weighted by Gasteiger charge is -2.38. The Morgan fingerprint density at radius 1 is 1.19 bits per heavy atom. The van der Waals surface area contributed by atoms with Crippen LogP contribution in [0.25, 0.3) is 0 Å². The monoisotopic (exact) mass is 451 g/mol. The molecular weight excluding hydrogens is 424 g/mol. The molecule has 0 saturated carbocycles. The fraction of sp³-hybridized carbons (Fsp3) is 0.417. The third-order valence-electron chi connectivity index (χ3n) is 6.00. The summed E-state index contributed by atoms with van der Waals surface area (Å²) in [7, 11) is 0. The summed E-state index contributed by atoms with van der Waals surface area (Å²) in [4.78, 5) is 39.8. The zero-order valence-electron chi connectivity index (χ0n) is 18.7. The molecule has 166 valence electrons. The van der Waals surface area contributed by atoms with Crippen LogP contribution in [0, 0.1) is 11.3 Å². The number of carbonyl (C=O) groups excluding carboxylic acids is 3. The Labute approximate surface area is 191 Å². The maximum atomic E-state index is 12.6. The number of nitrogens with zero attached hydrogens (tertiary/aromatic N) is 2. The van der Waals surface area contributed by atoms with E-state index in [1.807, 2.05) is 0 Å². The van der Waals surface area contributed by atoms with Gasteiger partial charge in [-0.1, -0.05) is 12.1 Å². The third-order valence-corrected chi connectivity index (χ3v) is 7.49. The van der Waals surface area contributed by atoms with Crippen molar-refractivity contribution in [3.63, 3.8) is 0 Å². The predicted octanol–water partition coefficient (Wildman–Crippen LogP) is 2.77. The number of hydrogen-bond donors (Lipinski definition) is 2. The Morgan fingerprint density at radius 3 is 2.41 bits per heavy atom. The summed E-state index contributed by atoms with van der Waals surface area (Å²) in [6.07, 6.45) is 1.28. The van der Waals surface area contributed by atoms with Crippen LogP contribution in [-0.2, 0) is 16.8 Å². The molecule has 3 N–H and O–H groups in total. The zero-order valence-corrected chi connectivity index (χ0v) is 19.6. The van der Waals surface area contributed by atoms with E-state index in [0.29, 0.717) is 28.1 Å². The van der Waals surface area contributed by atoms with Gasteiger partial charge in [-0.3, -0.25) is 19.3 Å². The standard InChI is InChI=1S/C24H26N4O3S/c1-23(2)12-16-17(13-25)20(32-19(16)24(3,4)27-23)26-18(29)10-7-11-28-21(30)14-8-5-6-9-15(14)22(28)31/h5-6,8-9,27H,7,10-12H2,1-4H3,(H,26,29)/p+1. The molecular formula is C24H27N4O3S+. The minimum absolute atomic E-state index is 0.0309. The number of quaternary nitrogens is 1. The zero-order chi connectivity index (χ0) is 23.3. The second-order valence-corrected chi connectivity index (χ2v) is 10.7. The van der Waals surface area contributed by atoms with E-state index in [9.17, 15) is 19.6 Å². The highest BCUT2D eigenvalue weighted by atomic mass is 32.1. The quantitative estimate of drug-likeness (QED) is 0.682. The van der Waals surface area contributed by atoms with E-state index in [2.05, 4.69) is 44.4 Å². The van der Waals surface area contributed by atoms with Gasteiger partial charge in [0.05, 0.1) is 27.1 Å². The molecule has 3 heterocycles. The van der Waals surface area contributed by atoms with E-state index >= 15 is 0 Å². The minimum Gasteiger partial charge on any atom is -0.333 e. The fourth-order valence-corrected chi connectivity index (χ4v) is 6.20. The summed E-state index contributed by atoms with van der Waals surface area (Å²) >= 11 is 1.47. The lowest BCUT2D eigenvalue weighted by Crippen LogP contribution is -3.03. The molecule has 0 spiro atoms. The second-order valence-electron chi connectivity index (χ2n) is 9.72. The number of nitrogens with two attached hydrogens (primary N) is 1. The maximum absolute atomic E-state index is 12.6. The van der Waals surface area contributed by atoms with E-state index in [0.717, 1.165) is 16.9 Å². The molecule has 0 fully saturated rings. The first kappa shape index (κ1) is 22.2. The molecule has 0 radical (unpaired) electrons. The predicted molar refractivity (Wildman–Crippen MR) is 121 cm³/mol. The number of anilines is 1. The SMILES string of the molecule is CC1(C)Cc2c(sc(NC(=O)CCCN3C(=O)c4ccccc4C3=O)c2C#N)C(C)(C)[NH2+]1. The Morgan fingerprint density at radius 2 is 1.81 bits per heavy atom. The molecule has 7 nitrogen and oxygen atoms in total. The summed E-state index contributed by atoms with van der Waals surface area (Å²) in [6.45, 7) is 8.78. The third kappa shape index (κ3) is 3.83. The van der Waals surface area contributed by atoms with Crippen LogP contribution in [0.4, 0.5) is 5.00 Å². The van der Waals surface area contributed by atoms with Crippen molar-refractivity contribution in [2.45, 2.75) is 58.0 Å². The van der Waals surface area contributed by atoms with Crippen LogP contribution in [0.1, 0.15) is 77.3 Å². The molecule has 2 aliphatic heterocycles. The summed E-state index contributed by atoms with van der Waals surface area (Å²) in [5.41, 5.74) is 2.18. The Kier molecular flexibility index (Phi) is 5.43. The highest BCUT2D eigenvalue weighted by Gasteiger charge is 2.44. The number of rotatable bonds is 5. The first-order chi connectivity index (χ1) is 15.0. The molecule has 1 aromatic heterocycles. The Balaban J connectivity index is 1.42. The number of thiophene rings is 1. The van der Waals surface area contributed by atoms with Crippen molar-refractivity contribution in [1.29, 1.82) is 5.26 Å². The molecule has 8 heteroatoms. The Bertz CT molecular complexity index is 1140. The van der Waals surface area contributed by atoms with Crippen molar-refractivity contribution in [3.8, 4) is 6.07 Å². The normalized spacial score (nSPS) is 18.2. The van der Waals surface area contributed by atoms with Crippen LogP contribution >= 0.6 is 11.3 Å². The molecule has 2 aliphatic rings. The molecule has 0 atom stereocenters. The molecule has 4 rings (SSSR count). The van der Waals surface area contributed by atoms with Gasteiger partial charge in [0.2, 0.25) is 5.91 Å². The molecule has 0 unspecified atom stereocenters. The van der Waals surface area contributed by atoms with Crippen molar-refractivity contribution in [2.75, 3.05) is 11.9 Å². The number of nitrogens with one attached hydrogen (secondary N) is 1. The summed E-state index contributed by atoms with van der Waals surface area (Å²) in [6, 6.07) is 9.04. The summed E-state index contributed by atoms with van der Waals surface area (Å²) in [5.74, 6) is -0.854. The first-order valence-corrected chi connectivity index (χ1v) is 11.5. The van der Waals surface area contributed by atoms with Crippen molar-refractivity contribution in [2.24, 2.45) is 0 Å². The minimum atomic E-state index is -0.315. The van der Waals surface area contributed by atoms with Crippen LogP contribution < -0.4 is 10.6 Å². The Hall–Kier alpha value is -3.02. The van der Waals surface area contributed by atoms with Crippen molar-refractivity contribution >= 4 is 34.1 Å². The van der Waals surface area contributed by atoms with Crippen molar-refractivity contribution in [1.82, 2.24) is 4.90 Å². The van der Waals surface area contributed by atoms with E-state index in [-0.39, 0.29) is 41.8 Å². The van der Waals surface area contributed by atoms with Gasteiger partial charge in [0, 0.05) is 19.4 Å². The number of nitriles is 1. The fourth-order valence-electron chi connectivity index (χ4n) is 4.94. The van der Waals surface area contributed by atoms with Gasteiger partial charge >= 0.3 is 0 Å².